The van der Waals surface area contributed by atoms with E-state index in [4.69, 9.17) is 4.98 Å². The van der Waals surface area contributed by atoms with Gasteiger partial charge in [-0.3, -0.25) is 4.79 Å². The quantitative estimate of drug-likeness (QED) is 0.560. The molecule has 6 nitrogen and oxygen atoms in total. The van der Waals surface area contributed by atoms with Crippen molar-refractivity contribution in [3.8, 4) is 11.3 Å². The van der Waals surface area contributed by atoms with E-state index in [1.807, 2.05) is 17.7 Å². The van der Waals surface area contributed by atoms with Crippen molar-refractivity contribution in [2.75, 3.05) is 20.1 Å². The molecular formula is C24H33N5O. The van der Waals surface area contributed by atoms with Crippen LogP contribution in [0.1, 0.15) is 62.5 Å². The molecule has 1 N–H and O–H groups in total. The van der Waals surface area contributed by atoms with Crippen LogP contribution in [0.5, 0.6) is 0 Å². The molecule has 0 radical (unpaired) electrons. The molecule has 2 aromatic heterocycles. The average molecular weight is 408 g/mol. The first-order chi connectivity index (χ1) is 14.4. The van der Waals surface area contributed by atoms with E-state index in [0.29, 0.717) is 12.1 Å². The molecule has 6 heteroatoms. The monoisotopic (exact) mass is 407 g/mol. The zero-order chi connectivity index (χ0) is 21.7. The SMILES string of the molecule is CCCCN(C)Cc1cccc(-c2cc(C(=O)NCC)c3cnn(C(C)C)c3n2)c1. The Balaban J connectivity index is 2.04. The van der Waals surface area contributed by atoms with E-state index < -0.39 is 0 Å². The molecule has 0 aliphatic heterocycles. The summed E-state index contributed by atoms with van der Waals surface area (Å²) < 4.78 is 1.88. The summed E-state index contributed by atoms with van der Waals surface area (Å²) >= 11 is 0. The largest absolute Gasteiger partial charge is 0.352 e. The minimum atomic E-state index is -0.0927. The van der Waals surface area contributed by atoms with Gasteiger partial charge in [0.25, 0.3) is 5.91 Å². The highest BCUT2D eigenvalue weighted by molar-refractivity contribution is 6.06. The minimum Gasteiger partial charge on any atom is -0.352 e. The van der Waals surface area contributed by atoms with Gasteiger partial charge in [-0.2, -0.15) is 5.10 Å². The van der Waals surface area contributed by atoms with Gasteiger partial charge in [0.15, 0.2) is 5.65 Å². The lowest BCUT2D eigenvalue weighted by molar-refractivity contribution is 0.0957. The molecule has 3 aromatic rings. The summed E-state index contributed by atoms with van der Waals surface area (Å²) in [6.45, 7) is 10.8. The van der Waals surface area contributed by atoms with Crippen molar-refractivity contribution in [1.82, 2.24) is 25.0 Å². The smallest absolute Gasteiger partial charge is 0.252 e. The Hall–Kier alpha value is -2.73. The highest BCUT2D eigenvalue weighted by Crippen LogP contribution is 2.27. The van der Waals surface area contributed by atoms with Gasteiger partial charge in [-0.15, -0.1) is 0 Å². The van der Waals surface area contributed by atoms with Gasteiger partial charge in [-0.05, 0) is 58.5 Å². The summed E-state index contributed by atoms with van der Waals surface area (Å²) in [5, 5.41) is 8.19. The van der Waals surface area contributed by atoms with Crippen molar-refractivity contribution in [3.05, 3.63) is 47.7 Å². The molecule has 0 aliphatic carbocycles. The maximum atomic E-state index is 12.8. The lowest BCUT2D eigenvalue weighted by atomic mass is 10.0. The number of unbranched alkanes of at least 4 members (excludes halogenated alkanes) is 1. The van der Waals surface area contributed by atoms with Crippen LogP contribution in [0.15, 0.2) is 36.5 Å². The van der Waals surface area contributed by atoms with E-state index in [9.17, 15) is 4.79 Å². The van der Waals surface area contributed by atoms with E-state index in [2.05, 4.69) is 67.4 Å². The predicted molar refractivity (Wildman–Crippen MR) is 123 cm³/mol. The fourth-order valence-electron chi connectivity index (χ4n) is 3.64. The third-order valence-electron chi connectivity index (χ3n) is 5.21. The first-order valence-electron chi connectivity index (χ1n) is 10.9. The number of rotatable bonds is 9. The van der Waals surface area contributed by atoms with Gasteiger partial charge in [0.1, 0.15) is 0 Å². The van der Waals surface area contributed by atoms with Crippen LogP contribution in [0.4, 0.5) is 0 Å². The molecule has 160 valence electrons. The lowest BCUT2D eigenvalue weighted by Crippen LogP contribution is -2.23. The summed E-state index contributed by atoms with van der Waals surface area (Å²) in [5.74, 6) is -0.0927. The number of nitrogens with one attached hydrogen (secondary N) is 1. The Labute approximate surface area is 179 Å². The van der Waals surface area contributed by atoms with Crippen LogP contribution < -0.4 is 5.32 Å². The van der Waals surface area contributed by atoms with E-state index in [1.165, 1.54) is 18.4 Å². The summed E-state index contributed by atoms with van der Waals surface area (Å²) in [6.07, 6.45) is 4.14. The van der Waals surface area contributed by atoms with Gasteiger partial charge in [0, 0.05) is 24.7 Å². The fraction of sp³-hybridized carbons (Fsp3) is 0.458. The van der Waals surface area contributed by atoms with E-state index in [0.717, 1.165) is 35.4 Å². The molecule has 0 atom stereocenters. The lowest BCUT2D eigenvalue weighted by Gasteiger charge is -2.17. The van der Waals surface area contributed by atoms with Gasteiger partial charge < -0.3 is 10.2 Å². The summed E-state index contributed by atoms with van der Waals surface area (Å²) in [6, 6.07) is 10.5. The molecule has 0 aliphatic rings. The molecule has 0 spiro atoms. The second-order valence-electron chi connectivity index (χ2n) is 8.13. The second-order valence-corrected chi connectivity index (χ2v) is 8.13. The van der Waals surface area contributed by atoms with Crippen molar-refractivity contribution >= 4 is 16.9 Å². The zero-order valence-corrected chi connectivity index (χ0v) is 18.8. The number of carbonyl (C=O) groups is 1. The van der Waals surface area contributed by atoms with Crippen LogP contribution in [0, 0.1) is 0 Å². The number of hydrogen-bond acceptors (Lipinski definition) is 4. The Morgan fingerprint density at radius 3 is 2.73 bits per heavy atom. The second kappa shape index (κ2) is 9.85. The molecule has 0 saturated carbocycles. The van der Waals surface area contributed by atoms with E-state index in [-0.39, 0.29) is 11.9 Å². The summed E-state index contributed by atoms with van der Waals surface area (Å²) in [4.78, 5) is 20.0. The first-order valence-corrected chi connectivity index (χ1v) is 10.9. The third-order valence-corrected chi connectivity index (χ3v) is 5.21. The number of aromatic nitrogens is 3. The van der Waals surface area contributed by atoms with Crippen LogP contribution in [0.3, 0.4) is 0 Å². The highest BCUT2D eigenvalue weighted by atomic mass is 16.1. The van der Waals surface area contributed by atoms with E-state index >= 15 is 0 Å². The van der Waals surface area contributed by atoms with Gasteiger partial charge in [-0.1, -0.05) is 31.5 Å². The number of benzene rings is 1. The molecule has 0 unspecified atom stereocenters. The number of carbonyl (C=O) groups excluding carboxylic acids is 1. The molecule has 3 rings (SSSR count). The number of fused-ring (bicyclic) bond motifs is 1. The number of hydrogen-bond donors (Lipinski definition) is 1. The molecule has 1 aromatic carbocycles. The molecule has 1 amide bonds. The fourth-order valence-corrected chi connectivity index (χ4v) is 3.64. The average Bonchev–Trinajstić information content (AvgIpc) is 3.16. The standard InChI is InChI=1S/C24H33N5O/c1-6-8-12-28(5)16-18-10-9-11-19(13-18)22-14-20(24(30)25-7-2)21-15-26-29(17(3)4)23(21)27-22/h9-11,13-15,17H,6-8,12,16H2,1-5H3,(H,25,30). The van der Waals surface area contributed by atoms with Crippen LogP contribution in [0.25, 0.3) is 22.3 Å². The van der Waals surface area contributed by atoms with Crippen molar-refractivity contribution in [1.29, 1.82) is 0 Å². The number of amides is 1. The van der Waals surface area contributed by atoms with Gasteiger partial charge in [-0.25, -0.2) is 9.67 Å². The third kappa shape index (κ3) is 4.87. The highest BCUT2D eigenvalue weighted by Gasteiger charge is 2.18. The van der Waals surface area contributed by atoms with E-state index in [1.54, 1.807) is 6.20 Å². The molecule has 30 heavy (non-hydrogen) atoms. The Morgan fingerprint density at radius 1 is 1.23 bits per heavy atom. The Kier molecular flexibility index (Phi) is 7.21. The van der Waals surface area contributed by atoms with Gasteiger partial charge in [0.2, 0.25) is 0 Å². The molecule has 0 fully saturated rings. The van der Waals surface area contributed by atoms with Crippen LogP contribution in [-0.2, 0) is 6.54 Å². The van der Waals surface area contributed by atoms with Gasteiger partial charge in [0.05, 0.1) is 22.8 Å². The molecule has 2 heterocycles. The Bertz CT molecular complexity index is 1010. The van der Waals surface area contributed by atoms with Crippen molar-refractivity contribution in [2.45, 2.75) is 53.1 Å². The number of nitrogens with zero attached hydrogens (tertiary/aromatic N) is 4. The summed E-state index contributed by atoms with van der Waals surface area (Å²) in [5.41, 5.74) is 4.41. The molecular weight excluding hydrogens is 374 g/mol. The van der Waals surface area contributed by atoms with Crippen molar-refractivity contribution in [3.63, 3.8) is 0 Å². The van der Waals surface area contributed by atoms with Crippen molar-refractivity contribution < 1.29 is 4.79 Å². The maximum Gasteiger partial charge on any atom is 0.252 e. The molecule has 0 saturated heterocycles. The van der Waals surface area contributed by atoms with Crippen LogP contribution in [0.2, 0.25) is 0 Å². The minimum absolute atomic E-state index is 0.0927. The molecule has 0 bridgehead atoms. The normalized spacial score (nSPS) is 11.6. The topological polar surface area (TPSA) is 63.1 Å². The van der Waals surface area contributed by atoms with Crippen LogP contribution >= 0.6 is 0 Å². The zero-order valence-electron chi connectivity index (χ0n) is 18.8. The summed E-state index contributed by atoms with van der Waals surface area (Å²) in [7, 11) is 2.15. The van der Waals surface area contributed by atoms with Gasteiger partial charge >= 0.3 is 0 Å². The Morgan fingerprint density at radius 2 is 2.03 bits per heavy atom. The van der Waals surface area contributed by atoms with Crippen molar-refractivity contribution in [2.24, 2.45) is 0 Å². The van der Waals surface area contributed by atoms with Crippen LogP contribution in [-0.4, -0.2) is 45.7 Å². The number of pyridine rings is 1. The predicted octanol–water partition coefficient (Wildman–Crippen LogP) is 4.66. The first kappa shape index (κ1) is 22.0. The maximum absolute atomic E-state index is 12.8.